The number of nitrogens with zero attached hydrogens (tertiary/aromatic N) is 7. The Morgan fingerprint density at radius 2 is 1.73 bits per heavy atom. The summed E-state index contributed by atoms with van der Waals surface area (Å²) in [4.78, 5) is 14.0. The zero-order valence-corrected chi connectivity index (χ0v) is 22.0. The van der Waals surface area contributed by atoms with Crippen molar-refractivity contribution in [3.05, 3.63) is 132 Å². The Morgan fingerprint density at radius 3 is 2.61 bits per heavy atom. The fourth-order valence-corrected chi connectivity index (χ4v) is 5.57. The predicted octanol–water partition coefficient (Wildman–Crippen LogP) is 6.03. The van der Waals surface area contributed by atoms with Crippen LogP contribution >= 0.6 is 0 Å². The first-order chi connectivity index (χ1) is 20.2. The van der Waals surface area contributed by atoms with Crippen molar-refractivity contribution < 1.29 is 9.47 Å². The minimum Gasteiger partial charge on any atom is -0.485 e. The van der Waals surface area contributed by atoms with Gasteiger partial charge in [-0.15, -0.1) is 5.10 Å². The third-order valence-electron chi connectivity index (χ3n) is 7.39. The van der Waals surface area contributed by atoms with Gasteiger partial charge in [0.15, 0.2) is 11.5 Å². The summed E-state index contributed by atoms with van der Waals surface area (Å²) in [5.41, 5.74) is 5.15. The van der Waals surface area contributed by atoms with Crippen molar-refractivity contribution in [2.45, 2.75) is 19.4 Å². The van der Waals surface area contributed by atoms with Crippen LogP contribution in [-0.2, 0) is 6.61 Å². The van der Waals surface area contributed by atoms with Crippen LogP contribution in [0.3, 0.4) is 0 Å². The average Bonchev–Trinajstić information content (AvgIpc) is 3.60. The Kier molecular flexibility index (Phi) is 5.27. The molecule has 4 aromatic heterocycles. The van der Waals surface area contributed by atoms with Gasteiger partial charge in [-0.1, -0.05) is 60.7 Å². The molecule has 0 saturated heterocycles. The summed E-state index contributed by atoms with van der Waals surface area (Å²) in [5, 5.41) is 11.7. The van der Waals surface area contributed by atoms with E-state index < -0.39 is 0 Å². The van der Waals surface area contributed by atoms with Gasteiger partial charge in [0.05, 0.1) is 28.4 Å². The van der Waals surface area contributed by atoms with Crippen molar-refractivity contribution >= 4 is 16.4 Å². The van der Waals surface area contributed by atoms with Crippen LogP contribution in [-0.4, -0.2) is 34.3 Å². The molecule has 0 spiro atoms. The molecule has 0 fully saturated rings. The number of aromatic nitrogens is 7. The Balaban J connectivity index is 1.24. The highest BCUT2D eigenvalue weighted by atomic mass is 16.5. The van der Waals surface area contributed by atoms with Gasteiger partial charge in [-0.3, -0.25) is 4.98 Å². The molecule has 1 aliphatic heterocycles. The molecule has 9 heteroatoms. The molecule has 0 N–H and O–H groups in total. The van der Waals surface area contributed by atoms with Crippen LogP contribution in [0.2, 0.25) is 0 Å². The van der Waals surface area contributed by atoms with E-state index in [1.165, 1.54) is 0 Å². The van der Waals surface area contributed by atoms with Gasteiger partial charge in [0.2, 0.25) is 11.8 Å². The Hall–Kier alpha value is -5.57. The molecular formula is C32H23N7O2. The van der Waals surface area contributed by atoms with Gasteiger partial charge in [-0.05, 0) is 42.1 Å². The van der Waals surface area contributed by atoms with Gasteiger partial charge < -0.3 is 9.47 Å². The summed E-state index contributed by atoms with van der Waals surface area (Å²) in [6.07, 6.45) is 5.26. The molecule has 3 aromatic carbocycles. The summed E-state index contributed by atoms with van der Waals surface area (Å²) in [6.45, 7) is 2.20. The number of rotatable bonds is 5. The number of benzene rings is 3. The molecule has 5 heterocycles. The number of pyridine rings is 1. The summed E-state index contributed by atoms with van der Waals surface area (Å²) in [7, 11) is 0. The van der Waals surface area contributed by atoms with Crippen molar-refractivity contribution in [2.24, 2.45) is 0 Å². The van der Waals surface area contributed by atoms with Crippen LogP contribution < -0.4 is 9.47 Å². The van der Waals surface area contributed by atoms with Gasteiger partial charge in [-0.2, -0.15) is 5.10 Å². The van der Waals surface area contributed by atoms with E-state index in [-0.39, 0.29) is 12.5 Å². The topological polar surface area (TPSA) is 92.3 Å². The maximum Gasteiger partial charge on any atom is 0.230 e. The van der Waals surface area contributed by atoms with Gasteiger partial charge >= 0.3 is 0 Å². The first kappa shape index (κ1) is 23.3. The number of aryl methyl sites for hydroxylation is 1. The molecule has 0 aliphatic carbocycles. The Morgan fingerprint density at radius 1 is 0.878 bits per heavy atom. The Bertz CT molecular complexity index is 2050. The third-order valence-corrected chi connectivity index (χ3v) is 7.39. The number of para-hydroxylation sites is 1. The van der Waals surface area contributed by atoms with E-state index in [1.54, 1.807) is 17.0 Å². The smallest absolute Gasteiger partial charge is 0.230 e. The fraction of sp³-hybridized carbons (Fsp3) is 0.0938. The molecule has 1 atom stereocenters. The van der Waals surface area contributed by atoms with E-state index in [4.69, 9.17) is 24.7 Å². The van der Waals surface area contributed by atoms with Crippen LogP contribution in [0.5, 0.6) is 17.5 Å². The van der Waals surface area contributed by atoms with E-state index in [0.717, 1.165) is 44.6 Å². The van der Waals surface area contributed by atoms with Crippen molar-refractivity contribution in [3.8, 4) is 23.2 Å². The summed E-state index contributed by atoms with van der Waals surface area (Å²) >= 11 is 0. The highest BCUT2D eigenvalue weighted by Gasteiger charge is 2.38. The lowest BCUT2D eigenvalue weighted by atomic mass is 9.85. The number of hydrogen-bond donors (Lipinski definition) is 0. The summed E-state index contributed by atoms with van der Waals surface area (Å²) in [5.74, 6) is 2.16. The van der Waals surface area contributed by atoms with E-state index in [2.05, 4.69) is 28.2 Å². The second kappa shape index (κ2) is 9.27. The van der Waals surface area contributed by atoms with Gasteiger partial charge in [0.25, 0.3) is 0 Å². The highest BCUT2D eigenvalue weighted by Crippen LogP contribution is 2.49. The summed E-state index contributed by atoms with van der Waals surface area (Å²) in [6, 6.07) is 28.1. The van der Waals surface area contributed by atoms with Gasteiger partial charge in [-0.25, -0.2) is 19.2 Å². The number of fused-ring (bicyclic) bond motifs is 5. The van der Waals surface area contributed by atoms with Crippen molar-refractivity contribution in [1.82, 2.24) is 34.3 Å². The largest absolute Gasteiger partial charge is 0.485 e. The Labute approximate surface area is 234 Å². The van der Waals surface area contributed by atoms with Gasteiger partial charge in [0.1, 0.15) is 18.7 Å². The van der Waals surface area contributed by atoms with Gasteiger partial charge in [0, 0.05) is 17.8 Å². The number of ether oxygens (including phenoxy) is 2. The molecule has 9 nitrogen and oxygen atoms in total. The number of hydrogen-bond acceptors (Lipinski definition) is 7. The normalized spacial score (nSPS) is 14.0. The molecule has 198 valence electrons. The second-order valence-corrected chi connectivity index (χ2v) is 9.90. The van der Waals surface area contributed by atoms with E-state index in [0.29, 0.717) is 23.2 Å². The average molecular weight is 538 g/mol. The molecule has 1 aliphatic rings. The molecular weight excluding hydrogens is 514 g/mol. The quantitative estimate of drug-likeness (QED) is 0.265. The van der Waals surface area contributed by atoms with E-state index in [1.807, 2.05) is 84.5 Å². The predicted molar refractivity (Wildman–Crippen MR) is 153 cm³/mol. The monoisotopic (exact) mass is 537 g/mol. The zero-order valence-electron chi connectivity index (χ0n) is 22.0. The van der Waals surface area contributed by atoms with E-state index >= 15 is 0 Å². The SMILES string of the molecule is Cc1nn(-c2ccccc2)c2c1[C@@H](c1cccnc1)c1c(ncn3nc(COc4cccc5ccccc45)nc13)O2. The van der Waals surface area contributed by atoms with Crippen molar-refractivity contribution in [1.29, 1.82) is 0 Å². The maximum absolute atomic E-state index is 6.49. The van der Waals surface area contributed by atoms with Crippen molar-refractivity contribution in [3.63, 3.8) is 0 Å². The van der Waals surface area contributed by atoms with Crippen LogP contribution in [0, 0.1) is 6.92 Å². The lowest BCUT2D eigenvalue weighted by Gasteiger charge is -2.26. The first-order valence-corrected chi connectivity index (χ1v) is 13.3. The second-order valence-electron chi connectivity index (χ2n) is 9.90. The van der Waals surface area contributed by atoms with Crippen molar-refractivity contribution in [2.75, 3.05) is 0 Å². The minimum absolute atomic E-state index is 0.207. The van der Waals surface area contributed by atoms with Crippen LogP contribution in [0.4, 0.5) is 0 Å². The molecule has 0 unspecified atom stereocenters. The lowest BCUT2D eigenvalue weighted by molar-refractivity contribution is 0.299. The van der Waals surface area contributed by atoms with Crippen LogP contribution in [0.25, 0.3) is 22.1 Å². The molecule has 0 radical (unpaired) electrons. The third kappa shape index (κ3) is 3.81. The molecule has 8 rings (SSSR count). The van der Waals surface area contributed by atoms with Crippen LogP contribution in [0.15, 0.2) is 104 Å². The van der Waals surface area contributed by atoms with Crippen LogP contribution in [0.1, 0.15) is 34.1 Å². The molecule has 0 saturated carbocycles. The highest BCUT2D eigenvalue weighted by molar-refractivity contribution is 5.88. The molecule has 41 heavy (non-hydrogen) atoms. The minimum atomic E-state index is -0.257. The summed E-state index contributed by atoms with van der Waals surface area (Å²) < 4.78 is 16.2. The maximum atomic E-state index is 6.49. The molecule has 0 amide bonds. The van der Waals surface area contributed by atoms with E-state index in [9.17, 15) is 0 Å². The zero-order chi connectivity index (χ0) is 27.3. The fourth-order valence-electron chi connectivity index (χ4n) is 5.57. The lowest BCUT2D eigenvalue weighted by Crippen LogP contribution is -2.16. The molecule has 0 bridgehead atoms. The standard InChI is InChI=1S/C32H23N7O2/c1-20-27-28(22-11-8-16-33-17-22)29-30-35-26(18-40-25-15-7-10-21-9-5-6-14-24(21)25)37-38(30)19-34-31(29)41-32(27)39(36-20)23-12-3-2-4-13-23/h2-17,19,28H,18H2,1H3/t28-/m1/s1. The first-order valence-electron chi connectivity index (χ1n) is 13.3. The molecule has 7 aromatic rings.